The van der Waals surface area contributed by atoms with Crippen LogP contribution < -0.4 is 14.4 Å². The number of nitrogens with zero attached hydrogens (tertiary/aromatic N) is 2. The molecule has 0 saturated heterocycles. The summed E-state index contributed by atoms with van der Waals surface area (Å²) in [5.41, 5.74) is 3.13. The van der Waals surface area contributed by atoms with Crippen LogP contribution in [0.15, 0.2) is 54.2 Å². The Morgan fingerprint density at radius 1 is 1.19 bits per heavy atom. The predicted molar refractivity (Wildman–Crippen MR) is 115 cm³/mol. The molecule has 1 N–H and O–H groups in total. The van der Waals surface area contributed by atoms with Crippen LogP contribution in [0.2, 0.25) is 0 Å². The smallest absolute Gasteiger partial charge is 0.387 e. The van der Waals surface area contributed by atoms with E-state index < -0.39 is 12.6 Å². The van der Waals surface area contributed by atoms with E-state index in [1.54, 1.807) is 42.0 Å². The van der Waals surface area contributed by atoms with Gasteiger partial charge in [-0.15, -0.1) is 11.3 Å². The molecule has 0 radical (unpaired) electrons. The maximum absolute atomic E-state index is 12.8. The number of aromatic carboxylic acids is 1. The number of aromatic nitrogens is 1. The van der Waals surface area contributed by atoms with Crippen molar-refractivity contribution in [2.75, 3.05) is 11.5 Å². The number of carboxylic acids is 1. The molecule has 0 aliphatic carbocycles. The van der Waals surface area contributed by atoms with Gasteiger partial charge in [0, 0.05) is 28.5 Å². The zero-order chi connectivity index (χ0) is 22.2. The van der Waals surface area contributed by atoms with Crippen molar-refractivity contribution in [3.8, 4) is 11.5 Å². The van der Waals surface area contributed by atoms with E-state index in [4.69, 9.17) is 4.74 Å². The Bertz CT molecular complexity index is 999. The van der Waals surface area contributed by atoms with Gasteiger partial charge in [-0.2, -0.15) is 8.78 Å². The number of carboxylic acid groups (broad SMARTS) is 1. The van der Waals surface area contributed by atoms with Gasteiger partial charge in [0.05, 0.1) is 24.2 Å². The standard InChI is InChI=1S/C22H22F2N2O4S/c1-2-3-9-29-20-11-17(7-8-19(20)30-22(23)24)26(13-18-12-25-14-31-18)16-6-4-5-15(10-16)21(27)28/h4-8,10-12,14,22H,2-3,9,13H2,1H3,(H,27,28). The summed E-state index contributed by atoms with van der Waals surface area (Å²) in [7, 11) is 0. The second-order valence-electron chi connectivity index (χ2n) is 6.62. The molecule has 0 atom stereocenters. The minimum absolute atomic E-state index is 0.0492. The molecule has 1 aromatic heterocycles. The summed E-state index contributed by atoms with van der Waals surface area (Å²) in [6.07, 6.45) is 3.39. The molecular formula is C22H22F2N2O4S. The number of unbranched alkanes of at least 4 members (excludes halogenated alkanes) is 1. The first-order valence-electron chi connectivity index (χ1n) is 9.68. The Morgan fingerprint density at radius 2 is 2.00 bits per heavy atom. The monoisotopic (exact) mass is 448 g/mol. The van der Waals surface area contributed by atoms with Crippen LogP contribution in [0.1, 0.15) is 35.0 Å². The minimum atomic E-state index is -2.97. The van der Waals surface area contributed by atoms with Gasteiger partial charge < -0.3 is 19.5 Å². The molecule has 1 heterocycles. The van der Waals surface area contributed by atoms with Gasteiger partial charge in [-0.25, -0.2) is 4.79 Å². The van der Waals surface area contributed by atoms with Crippen molar-refractivity contribution in [3.05, 3.63) is 64.6 Å². The molecule has 6 nitrogen and oxygen atoms in total. The number of benzene rings is 2. The molecule has 0 spiro atoms. The number of halogens is 2. The van der Waals surface area contributed by atoms with Crippen molar-refractivity contribution in [2.24, 2.45) is 0 Å². The first-order chi connectivity index (χ1) is 15.0. The van der Waals surface area contributed by atoms with Crippen molar-refractivity contribution in [1.82, 2.24) is 4.98 Å². The molecule has 0 fully saturated rings. The number of ether oxygens (including phenoxy) is 2. The Morgan fingerprint density at radius 3 is 2.68 bits per heavy atom. The van der Waals surface area contributed by atoms with E-state index >= 15 is 0 Å². The second kappa shape index (κ2) is 10.7. The zero-order valence-electron chi connectivity index (χ0n) is 16.8. The molecule has 0 unspecified atom stereocenters. The van der Waals surface area contributed by atoms with E-state index in [1.165, 1.54) is 23.5 Å². The summed E-state index contributed by atoms with van der Waals surface area (Å²) in [6.45, 7) is -0.192. The average Bonchev–Trinajstić information content (AvgIpc) is 3.26. The van der Waals surface area contributed by atoms with Crippen molar-refractivity contribution in [3.63, 3.8) is 0 Å². The highest BCUT2D eigenvalue weighted by Crippen LogP contribution is 2.37. The molecule has 2 aromatic carbocycles. The highest BCUT2D eigenvalue weighted by Gasteiger charge is 2.18. The Hall–Kier alpha value is -3.20. The number of hydrogen-bond acceptors (Lipinski definition) is 6. The normalized spacial score (nSPS) is 10.8. The van der Waals surface area contributed by atoms with E-state index in [0.29, 0.717) is 24.5 Å². The number of carbonyl (C=O) groups is 1. The average molecular weight is 448 g/mol. The predicted octanol–water partition coefficient (Wildman–Crippen LogP) is 5.96. The van der Waals surface area contributed by atoms with Crippen LogP contribution in [-0.4, -0.2) is 29.3 Å². The highest BCUT2D eigenvalue weighted by atomic mass is 32.1. The lowest BCUT2D eigenvalue weighted by atomic mass is 10.1. The van der Waals surface area contributed by atoms with E-state index in [1.807, 2.05) is 11.8 Å². The van der Waals surface area contributed by atoms with Crippen molar-refractivity contribution < 1.29 is 28.2 Å². The summed E-state index contributed by atoms with van der Waals surface area (Å²) in [4.78, 5) is 18.4. The van der Waals surface area contributed by atoms with E-state index in [9.17, 15) is 18.7 Å². The molecular weight excluding hydrogens is 426 g/mol. The summed E-state index contributed by atoms with van der Waals surface area (Å²) < 4.78 is 36.0. The molecule has 164 valence electrons. The summed E-state index contributed by atoms with van der Waals surface area (Å²) in [5.74, 6) is -0.884. The van der Waals surface area contributed by atoms with Crippen LogP contribution in [0.3, 0.4) is 0 Å². The summed E-state index contributed by atoms with van der Waals surface area (Å²) >= 11 is 1.46. The van der Waals surface area contributed by atoms with Gasteiger partial charge in [-0.05, 0) is 36.8 Å². The lowest BCUT2D eigenvalue weighted by Crippen LogP contribution is -2.17. The molecule has 0 bridgehead atoms. The van der Waals surface area contributed by atoms with Crippen LogP contribution in [0.25, 0.3) is 0 Å². The van der Waals surface area contributed by atoms with Crippen LogP contribution >= 0.6 is 11.3 Å². The quantitative estimate of drug-likeness (QED) is 0.365. The number of rotatable bonds is 11. The van der Waals surface area contributed by atoms with Gasteiger partial charge in [0.2, 0.25) is 0 Å². The van der Waals surface area contributed by atoms with Gasteiger partial charge >= 0.3 is 12.6 Å². The molecule has 0 aliphatic heterocycles. The third-order valence-corrected chi connectivity index (χ3v) is 5.18. The lowest BCUT2D eigenvalue weighted by Gasteiger charge is -2.26. The van der Waals surface area contributed by atoms with E-state index in [0.717, 1.165) is 17.7 Å². The van der Waals surface area contributed by atoms with Gasteiger partial charge in [-0.1, -0.05) is 19.4 Å². The van der Waals surface area contributed by atoms with Crippen molar-refractivity contribution in [2.45, 2.75) is 32.9 Å². The van der Waals surface area contributed by atoms with Crippen LogP contribution in [0, 0.1) is 0 Å². The summed E-state index contributed by atoms with van der Waals surface area (Å²) in [5, 5.41) is 9.37. The number of anilines is 2. The van der Waals surface area contributed by atoms with Gasteiger partial charge in [-0.3, -0.25) is 4.98 Å². The maximum atomic E-state index is 12.8. The van der Waals surface area contributed by atoms with Crippen LogP contribution in [-0.2, 0) is 6.54 Å². The van der Waals surface area contributed by atoms with Crippen LogP contribution in [0.5, 0.6) is 11.5 Å². The number of alkyl halides is 2. The maximum Gasteiger partial charge on any atom is 0.387 e. The molecule has 9 heteroatoms. The number of hydrogen-bond donors (Lipinski definition) is 1. The third-order valence-electron chi connectivity index (χ3n) is 4.41. The first-order valence-corrected chi connectivity index (χ1v) is 10.6. The summed E-state index contributed by atoms with van der Waals surface area (Å²) in [6, 6.07) is 11.2. The number of thiazole rings is 1. The molecule has 3 rings (SSSR count). The Kier molecular flexibility index (Phi) is 7.77. The van der Waals surface area contributed by atoms with E-state index in [-0.39, 0.29) is 17.1 Å². The highest BCUT2D eigenvalue weighted by molar-refractivity contribution is 7.09. The molecule has 31 heavy (non-hydrogen) atoms. The second-order valence-corrected chi connectivity index (χ2v) is 7.59. The van der Waals surface area contributed by atoms with E-state index in [2.05, 4.69) is 9.72 Å². The minimum Gasteiger partial charge on any atom is -0.490 e. The van der Waals surface area contributed by atoms with Gasteiger partial charge in [0.15, 0.2) is 11.5 Å². The molecule has 0 saturated carbocycles. The topological polar surface area (TPSA) is 71.9 Å². The van der Waals surface area contributed by atoms with Crippen molar-refractivity contribution >= 4 is 28.7 Å². The van der Waals surface area contributed by atoms with Crippen molar-refractivity contribution in [1.29, 1.82) is 0 Å². The fourth-order valence-electron chi connectivity index (χ4n) is 2.91. The first kappa shape index (κ1) is 22.5. The zero-order valence-corrected chi connectivity index (χ0v) is 17.6. The van der Waals surface area contributed by atoms with Gasteiger partial charge in [0.25, 0.3) is 0 Å². The molecule has 0 aliphatic rings. The largest absolute Gasteiger partial charge is 0.490 e. The fourth-order valence-corrected chi connectivity index (χ4v) is 3.49. The molecule has 0 amide bonds. The fraction of sp³-hybridized carbons (Fsp3) is 0.273. The lowest BCUT2D eigenvalue weighted by molar-refractivity contribution is -0.0515. The third kappa shape index (κ3) is 6.14. The Balaban J connectivity index is 2.01. The molecule has 3 aromatic rings. The Labute approximate surface area is 182 Å². The SMILES string of the molecule is CCCCOc1cc(N(Cc2cncs2)c2cccc(C(=O)O)c2)ccc1OC(F)F. The van der Waals surface area contributed by atoms with Gasteiger partial charge in [0.1, 0.15) is 0 Å². The van der Waals surface area contributed by atoms with Crippen LogP contribution in [0.4, 0.5) is 20.2 Å².